The molecule has 2 aromatic rings. The molecule has 0 aliphatic carbocycles. The first-order chi connectivity index (χ1) is 11.7. The summed E-state index contributed by atoms with van der Waals surface area (Å²) in [6.45, 7) is 1.76. The summed E-state index contributed by atoms with van der Waals surface area (Å²) in [5.74, 6) is 1.45. The summed E-state index contributed by atoms with van der Waals surface area (Å²) < 4.78 is 6.51. The Kier molecular flexibility index (Phi) is 5.91. The van der Waals surface area contributed by atoms with Gasteiger partial charge in [-0.15, -0.1) is 0 Å². The number of halogens is 1. The van der Waals surface area contributed by atoms with E-state index in [2.05, 4.69) is 46.3 Å². The third-order valence-electron chi connectivity index (χ3n) is 4.52. The molecule has 0 aromatic heterocycles. The largest absolute Gasteiger partial charge is 0.483 e. The number of piperidine rings is 1. The lowest BCUT2D eigenvalue weighted by Crippen LogP contribution is -2.41. The Labute approximate surface area is 151 Å². The van der Waals surface area contributed by atoms with Crippen LogP contribution in [0.3, 0.4) is 0 Å². The Balaban J connectivity index is 1.44. The maximum absolute atomic E-state index is 12.3. The van der Waals surface area contributed by atoms with E-state index in [4.69, 9.17) is 4.74 Å². The zero-order valence-corrected chi connectivity index (χ0v) is 15.2. The zero-order chi connectivity index (χ0) is 16.8. The van der Waals surface area contributed by atoms with Crippen LogP contribution in [-0.4, -0.2) is 30.5 Å². The van der Waals surface area contributed by atoms with Crippen molar-refractivity contribution in [1.82, 2.24) is 4.90 Å². The smallest absolute Gasteiger partial charge is 0.260 e. The number of carbonyl (C=O) groups is 1. The molecule has 1 aliphatic heterocycles. The molecule has 0 N–H and O–H groups in total. The van der Waals surface area contributed by atoms with Gasteiger partial charge in [0, 0.05) is 13.1 Å². The number of para-hydroxylation sites is 1. The van der Waals surface area contributed by atoms with Gasteiger partial charge >= 0.3 is 0 Å². The average Bonchev–Trinajstić information content (AvgIpc) is 2.62. The maximum atomic E-state index is 12.3. The van der Waals surface area contributed by atoms with Crippen LogP contribution in [0.25, 0.3) is 0 Å². The Morgan fingerprint density at radius 1 is 1.04 bits per heavy atom. The third-order valence-corrected chi connectivity index (χ3v) is 5.18. The highest BCUT2D eigenvalue weighted by Crippen LogP contribution is 2.24. The molecule has 126 valence electrons. The lowest BCUT2D eigenvalue weighted by atomic mass is 9.90. The van der Waals surface area contributed by atoms with Gasteiger partial charge in [0.25, 0.3) is 5.91 Å². The van der Waals surface area contributed by atoms with Crippen LogP contribution in [0.2, 0.25) is 0 Å². The number of ether oxygens (including phenoxy) is 1. The first kappa shape index (κ1) is 17.0. The number of benzene rings is 2. The molecule has 2 aromatic carbocycles. The Bertz CT molecular complexity index is 666. The first-order valence-electron chi connectivity index (χ1n) is 8.41. The molecule has 0 unspecified atom stereocenters. The van der Waals surface area contributed by atoms with Gasteiger partial charge < -0.3 is 9.64 Å². The summed E-state index contributed by atoms with van der Waals surface area (Å²) in [6, 6.07) is 18.2. The van der Waals surface area contributed by atoms with Crippen LogP contribution in [0.4, 0.5) is 0 Å². The van der Waals surface area contributed by atoms with Gasteiger partial charge in [0.2, 0.25) is 0 Å². The van der Waals surface area contributed by atoms with Crippen LogP contribution in [-0.2, 0) is 11.2 Å². The Hall–Kier alpha value is -1.81. The van der Waals surface area contributed by atoms with Gasteiger partial charge in [0.15, 0.2) is 6.61 Å². The minimum absolute atomic E-state index is 0.0731. The van der Waals surface area contributed by atoms with Crippen LogP contribution in [0.15, 0.2) is 59.1 Å². The molecule has 1 aliphatic rings. The van der Waals surface area contributed by atoms with E-state index in [1.165, 1.54) is 5.56 Å². The highest BCUT2D eigenvalue weighted by Gasteiger charge is 2.23. The number of amides is 1. The lowest BCUT2D eigenvalue weighted by Gasteiger charge is -2.32. The number of nitrogens with zero attached hydrogens (tertiary/aromatic N) is 1. The van der Waals surface area contributed by atoms with Crippen molar-refractivity contribution in [3.8, 4) is 5.75 Å². The lowest BCUT2D eigenvalue weighted by molar-refractivity contribution is -0.134. The van der Waals surface area contributed by atoms with Gasteiger partial charge in [-0.3, -0.25) is 4.79 Å². The van der Waals surface area contributed by atoms with E-state index in [9.17, 15) is 4.79 Å². The van der Waals surface area contributed by atoms with Crippen LogP contribution < -0.4 is 4.74 Å². The van der Waals surface area contributed by atoms with E-state index < -0.39 is 0 Å². The van der Waals surface area contributed by atoms with E-state index in [1.807, 2.05) is 29.2 Å². The van der Waals surface area contributed by atoms with Crippen molar-refractivity contribution in [3.05, 3.63) is 64.6 Å². The minimum atomic E-state index is 0.0731. The predicted molar refractivity (Wildman–Crippen MR) is 99.1 cm³/mol. The molecule has 24 heavy (non-hydrogen) atoms. The van der Waals surface area contributed by atoms with Gasteiger partial charge in [-0.25, -0.2) is 0 Å². The van der Waals surface area contributed by atoms with Crippen LogP contribution in [0.5, 0.6) is 5.75 Å². The molecule has 1 saturated heterocycles. The van der Waals surface area contributed by atoms with Crippen molar-refractivity contribution in [3.63, 3.8) is 0 Å². The van der Waals surface area contributed by atoms with Crippen molar-refractivity contribution < 1.29 is 9.53 Å². The van der Waals surface area contributed by atoms with E-state index >= 15 is 0 Å². The normalized spacial score (nSPS) is 15.3. The Morgan fingerprint density at radius 3 is 2.42 bits per heavy atom. The van der Waals surface area contributed by atoms with E-state index in [0.29, 0.717) is 11.7 Å². The van der Waals surface area contributed by atoms with Crippen molar-refractivity contribution in [2.75, 3.05) is 19.7 Å². The van der Waals surface area contributed by atoms with Crippen molar-refractivity contribution >= 4 is 21.8 Å². The molecule has 0 bridgehead atoms. The molecular weight excluding hydrogens is 366 g/mol. The molecule has 1 amide bonds. The quantitative estimate of drug-likeness (QED) is 0.764. The fourth-order valence-electron chi connectivity index (χ4n) is 3.13. The predicted octanol–water partition coefficient (Wildman–Crippen LogP) is 4.31. The molecule has 4 heteroatoms. The van der Waals surface area contributed by atoms with Gasteiger partial charge in [-0.05, 0) is 58.8 Å². The van der Waals surface area contributed by atoms with Crippen LogP contribution >= 0.6 is 15.9 Å². The summed E-state index contributed by atoms with van der Waals surface area (Å²) in [4.78, 5) is 14.3. The Morgan fingerprint density at radius 2 is 1.71 bits per heavy atom. The molecule has 1 heterocycles. The second-order valence-corrected chi connectivity index (χ2v) is 7.09. The molecule has 1 fully saturated rings. The van der Waals surface area contributed by atoms with Crippen LogP contribution in [0.1, 0.15) is 18.4 Å². The van der Waals surface area contributed by atoms with E-state index in [-0.39, 0.29) is 12.5 Å². The number of rotatable bonds is 5. The van der Waals surface area contributed by atoms with Crippen molar-refractivity contribution in [2.45, 2.75) is 19.3 Å². The molecule has 0 radical (unpaired) electrons. The van der Waals surface area contributed by atoms with Crippen molar-refractivity contribution in [2.24, 2.45) is 5.92 Å². The summed E-state index contributed by atoms with van der Waals surface area (Å²) >= 11 is 3.43. The topological polar surface area (TPSA) is 29.5 Å². The molecular formula is C20H22BrNO2. The van der Waals surface area contributed by atoms with Gasteiger partial charge in [0.05, 0.1) is 4.47 Å². The van der Waals surface area contributed by atoms with Gasteiger partial charge in [-0.1, -0.05) is 42.5 Å². The highest BCUT2D eigenvalue weighted by atomic mass is 79.9. The SMILES string of the molecule is O=C(COc1ccccc1Br)N1CCC(Cc2ccccc2)CC1. The molecule has 0 saturated carbocycles. The summed E-state index contributed by atoms with van der Waals surface area (Å²) in [5, 5.41) is 0. The van der Waals surface area contributed by atoms with Crippen LogP contribution in [0, 0.1) is 5.92 Å². The molecule has 3 nitrogen and oxygen atoms in total. The second-order valence-electron chi connectivity index (χ2n) is 6.23. The first-order valence-corrected chi connectivity index (χ1v) is 9.20. The molecule has 0 atom stereocenters. The second kappa shape index (κ2) is 8.34. The van der Waals surface area contributed by atoms with E-state index in [1.54, 1.807) is 0 Å². The summed E-state index contributed by atoms with van der Waals surface area (Å²) in [6.07, 6.45) is 3.24. The standard InChI is InChI=1S/C20H22BrNO2/c21-18-8-4-5-9-19(18)24-15-20(23)22-12-10-17(11-13-22)14-16-6-2-1-3-7-16/h1-9,17H,10-15H2. The number of carbonyl (C=O) groups excluding carboxylic acids is 1. The summed E-state index contributed by atoms with van der Waals surface area (Å²) in [5.41, 5.74) is 1.39. The molecule has 3 rings (SSSR count). The highest BCUT2D eigenvalue weighted by molar-refractivity contribution is 9.10. The summed E-state index contributed by atoms with van der Waals surface area (Å²) in [7, 11) is 0. The van der Waals surface area contributed by atoms with Gasteiger partial charge in [0.1, 0.15) is 5.75 Å². The fourth-order valence-corrected chi connectivity index (χ4v) is 3.53. The fraction of sp³-hybridized carbons (Fsp3) is 0.350. The van der Waals surface area contributed by atoms with Crippen molar-refractivity contribution in [1.29, 1.82) is 0 Å². The zero-order valence-electron chi connectivity index (χ0n) is 13.7. The average molecular weight is 388 g/mol. The van der Waals surface area contributed by atoms with Gasteiger partial charge in [-0.2, -0.15) is 0 Å². The minimum Gasteiger partial charge on any atom is -0.483 e. The third kappa shape index (κ3) is 4.60. The number of likely N-dealkylation sites (tertiary alicyclic amines) is 1. The number of hydrogen-bond acceptors (Lipinski definition) is 2. The molecule has 0 spiro atoms. The van der Waals surface area contributed by atoms with E-state index in [0.717, 1.165) is 36.8 Å². The monoisotopic (exact) mass is 387 g/mol. The number of hydrogen-bond donors (Lipinski definition) is 0. The maximum Gasteiger partial charge on any atom is 0.260 e.